The van der Waals surface area contributed by atoms with Crippen LogP contribution in [0.3, 0.4) is 0 Å². The minimum Gasteiger partial charge on any atom is -0.327 e. The summed E-state index contributed by atoms with van der Waals surface area (Å²) in [5.74, 6) is 0.812. The van der Waals surface area contributed by atoms with E-state index in [-0.39, 0.29) is 6.04 Å². The minimum atomic E-state index is 0.254. The Morgan fingerprint density at radius 3 is 2.75 bits per heavy atom. The summed E-state index contributed by atoms with van der Waals surface area (Å²) >= 11 is 0. The number of piperidine rings is 1. The van der Waals surface area contributed by atoms with E-state index in [1.165, 1.54) is 25.9 Å². The average Bonchev–Trinajstić information content (AvgIpc) is 2.16. The molecule has 1 saturated heterocycles. The van der Waals surface area contributed by atoms with E-state index in [0.29, 0.717) is 5.41 Å². The van der Waals surface area contributed by atoms with Gasteiger partial charge in [-0.15, -0.1) is 0 Å². The summed E-state index contributed by atoms with van der Waals surface area (Å²) in [7, 11) is 2.23. The Kier molecular flexibility index (Phi) is 5.22. The molecule has 0 aromatic heterocycles. The fourth-order valence-electron chi connectivity index (χ4n) is 2.57. The zero-order chi connectivity index (χ0) is 12.2. The number of likely N-dealkylation sites (tertiary alicyclic amines) is 1. The molecule has 0 bridgehead atoms. The van der Waals surface area contributed by atoms with E-state index >= 15 is 0 Å². The first-order valence-electron chi connectivity index (χ1n) is 6.56. The largest absolute Gasteiger partial charge is 0.327 e. The van der Waals surface area contributed by atoms with Gasteiger partial charge in [-0.3, -0.25) is 0 Å². The molecule has 0 aliphatic carbocycles. The van der Waals surface area contributed by atoms with Gasteiger partial charge in [0.15, 0.2) is 0 Å². The van der Waals surface area contributed by atoms with Crippen molar-refractivity contribution in [3.8, 4) is 0 Å². The van der Waals surface area contributed by atoms with E-state index in [1.54, 1.807) is 0 Å². The maximum Gasteiger partial charge on any atom is 0.0136 e. The molecule has 2 atom stereocenters. The van der Waals surface area contributed by atoms with Crippen molar-refractivity contribution in [1.82, 2.24) is 10.2 Å². The van der Waals surface area contributed by atoms with E-state index in [2.05, 4.69) is 31.1 Å². The van der Waals surface area contributed by atoms with Crippen molar-refractivity contribution in [3.05, 3.63) is 0 Å². The first-order chi connectivity index (χ1) is 7.42. The van der Waals surface area contributed by atoms with Crippen molar-refractivity contribution >= 4 is 0 Å². The molecule has 0 aromatic rings. The van der Waals surface area contributed by atoms with Crippen LogP contribution in [0.15, 0.2) is 0 Å². The van der Waals surface area contributed by atoms with Gasteiger partial charge in [-0.05, 0) is 44.7 Å². The fourth-order valence-corrected chi connectivity index (χ4v) is 2.57. The molecule has 16 heavy (non-hydrogen) atoms. The predicted octanol–water partition coefficient (Wildman–Crippen LogP) is 1.29. The number of hydrogen-bond acceptors (Lipinski definition) is 3. The standard InChI is InChI=1S/C13H29N3/c1-11(14)8-15-10-13(2,3)12-6-5-7-16(4)9-12/h11-12,15H,5-10,14H2,1-4H3. The number of nitrogens with two attached hydrogens (primary N) is 1. The molecule has 1 aliphatic heterocycles. The van der Waals surface area contributed by atoms with Gasteiger partial charge in [-0.1, -0.05) is 13.8 Å². The third kappa shape index (κ3) is 4.40. The molecule has 0 aromatic carbocycles. The highest BCUT2D eigenvalue weighted by molar-refractivity contribution is 4.85. The van der Waals surface area contributed by atoms with Gasteiger partial charge < -0.3 is 16.0 Å². The van der Waals surface area contributed by atoms with E-state index in [4.69, 9.17) is 5.73 Å². The second kappa shape index (κ2) is 5.99. The van der Waals surface area contributed by atoms with Crippen LogP contribution in [0, 0.1) is 11.3 Å². The second-order valence-electron chi connectivity index (χ2n) is 6.20. The highest BCUT2D eigenvalue weighted by Crippen LogP contribution is 2.32. The quantitative estimate of drug-likeness (QED) is 0.744. The van der Waals surface area contributed by atoms with E-state index in [0.717, 1.165) is 19.0 Å². The topological polar surface area (TPSA) is 41.3 Å². The van der Waals surface area contributed by atoms with Crippen LogP contribution in [0.4, 0.5) is 0 Å². The smallest absolute Gasteiger partial charge is 0.0136 e. The van der Waals surface area contributed by atoms with Crippen LogP contribution < -0.4 is 11.1 Å². The average molecular weight is 227 g/mol. The molecule has 1 fully saturated rings. The molecular formula is C13H29N3. The maximum atomic E-state index is 5.75. The maximum absolute atomic E-state index is 5.75. The first-order valence-corrected chi connectivity index (χ1v) is 6.56. The van der Waals surface area contributed by atoms with Crippen molar-refractivity contribution in [2.45, 2.75) is 39.7 Å². The van der Waals surface area contributed by atoms with Gasteiger partial charge in [-0.25, -0.2) is 0 Å². The minimum absolute atomic E-state index is 0.254. The number of nitrogens with zero attached hydrogens (tertiary/aromatic N) is 1. The molecule has 3 nitrogen and oxygen atoms in total. The third-order valence-electron chi connectivity index (χ3n) is 3.78. The summed E-state index contributed by atoms with van der Waals surface area (Å²) in [6, 6.07) is 0.254. The van der Waals surface area contributed by atoms with Gasteiger partial charge >= 0.3 is 0 Å². The number of rotatable bonds is 5. The highest BCUT2D eigenvalue weighted by Gasteiger charge is 2.31. The van der Waals surface area contributed by atoms with Gasteiger partial charge in [0.2, 0.25) is 0 Å². The van der Waals surface area contributed by atoms with E-state index < -0.39 is 0 Å². The molecule has 1 aliphatic rings. The predicted molar refractivity (Wildman–Crippen MR) is 70.5 cm³/mol. The molecule has 3 N–H and O–H groups in total. The zero-order valence-corrected chi connectivity index (χ0v) is 11.4. The van der Waals surface area contributed by atoms with Crippen LogP contribution in [-0.2, 0) is 0 Å². The van der Waals surface area contributed by atoms with Gasteiger partial charge in [0.1, 0.15) is 0 Å². The molecule has 0 radical (unpaired) electrons. The van der Waals surface area contributed by atoms with Crippen molar-refractivity contribution in [2.75, 3.05) is 33.2 Å². The normalized spacial score (nSPS) is 25.7. The number of nitrogens with one attached hydrogen (secondary N) is 1. The Hall–Kier alpha value is -0.120. The molecule has 0 saturated carbocycles. The van der Waals surface area contributed by atoms with Gasteiger partial charge in [-0.2, -0.15) is 0 Å². The number of hydrogen-bond donors (Lipinski definition) is 2. The highest BCUT2D eigenvalue weighted by atomic mass is 15.1. The Morgan fingerprint density at radius 1 is 1.50 bits per heavy atom. The summed E-state index contributed by atoms with van der Waals surface area (Å²) < 4.78 is 0. The monoisotopic (exact) mass is 227 g/mol. The van der Waals surface area contributed by atoms with Crippen molar-refractivity contribution in [1.29, 1.82) is 0 Å². The lowest BCUT2D eigenvalue weighted by Gasteiger charge is -2.40. The zero-order valence-electron chi connectivity index (χ0n) is 11.4. The summed E-state index contributed by atoms with van der Waals surface area (Å²) in [4.78, 5) is 2.46. The first kappa shape index (κ1) is 13.9. The van der Waals surface area contributed by atoms with Crippen LogP contribution >= 0.6 is 0 Å². The van der Waals surface area contributed by atoms with Crippen molar-refractivity contribution in [3.63, 3.8) is 0 Å². The molecule has 3 heteroatoms. The SMILES string of the molecule is CC(N)CNCC(C)(C)C1CCCN(C)C1. The Labute approximate surface area is 101 Å². The van der Waals surface area contributed by atoms with Gasteiger partial charge in [0, 0.05) is 25.7 Å². The second-order valence-corrected chi connectivity index (χ2v) is 6.20. The molecule has 0 amide bonds. The Bertz CT molecular complexity index is 201. The fraction of sp³-hybridized carbons (Fsp3) is 1.00. The van der Waals surface area contributed by atoms with Gasteiger partial charge in [0.05, 0.1) is 0 Å². The lowest BCUT2D eigenvalue weighted by Crippen LogP contribution is -2.45. The molecule has 0 spiro atoms. The lowest BCUT2D eigenvalue weighted by molar-refractivity contribution is 0.103. The summed E-state index contributed by atoms with van der Waals surface area (Å²) in [5, 5.41) is 3.49. The van der Waals surface area contributed by atoms with E-state index in [9.17, 15) is 0 Å². The molecule has 1 heterocycles. The Morgan fingerprint density at radius 2 is 2.19 bits per heavy atom. The van der Waals surface area contributed by atoms with E-state index in [1.807, 2.05) is 6.92 Å². The van der Waals surface area contributed by atoms with Crippen LogP contribution in [-0.4, -0.2) is 44.2 Å². The molecule has 2 unspecified atom stereocenters. The van der Waals surface area contributed by atoms with Crippen molar-refractivity contribution in [2.24, 2.45) is 17.1 Å². The van der Waals surface area contributed by atoms with Crippen LogP contribution in [0.1, 0.15) is 33.6 Å². The van der Waals surface area contributed by atoms with Crippen LogP contribution in [0.25, 0.3) is 0 Å². The Balaban J connectivity index is 2.36. The van der Waals surface area contributed by atoms with Gasteiger partial charge in [0.25, 0.3) is 0 Å². The summed E-state index contributed by atoms with van der Waals surface area (Å²) in [6.07, 6.45) is 2.72. The molecular weight excluding hydrogens is 198 g/mol. The van der Waals surface area contributed by atoms with Crippen LogP contribution in [0.2, 0.25) is 0 Å². The molecule has 96 valence electrons. The lowest BCUT2D eigenvalue weighted by atomic mass is 9.74. The summed E-state index contributed by atoms with van der Waals surface area (Å²) in [6.45, 7) is 11.3. The molecule has 1 rings (SSSR count). The third-order valence-corrected chi connectivity index (χ3v) is 3.78. The summed E-state index contributed by atoms with van der Waals surface area (Å²) in [5.41, 5.74) is 6.13. The van der Waals surface area contributed by atoms with Crippen molar-refractivity contribution < 1.29 is 0 Å². The van der Waals surface area contributed by atoms with Crippen LogP contribution in [0.5, 0.6) is 0 Å².